The Bertz CT molecular complexity index is 2270. The molecule has 0 aliphatic carbocycles. The van der Waals surface area contributed by atoms with Gasteiger partial charge in [0.25, 0.3) is 0 Å². The van der Waals surface area contributed by atoms with Crippen molar-refractivity contribution in [3.63, 3.8) is 0 Å². The average molecular weight is 895 g/mol. The van der Waals surface area contributed by atoms with E-state index in [2.05, 4.69) is 214 Å². The fourth-order valence-electron chi connectivity index (χ4n) is 6.78. The first-order chi connectivity index (χ1) is 24.8. The summed E-state index contributed by atoms with van der Waals surface area (Å²) in [5.41, 5.74) is 9.91. The van der Waals surface area contributed by atoms with Crippen molar-refractivity contribution in [1.82, 2.24) is 4.57 Å². The number of anilines is 2. The number of para-hydroxylation sites is 2. The van der Waals surface area contributed by atoms with Gasteiger partial charge in [-0.25, -0.2) is 0 Å². The van der Waals surface area contributed by atoms with Gasteiger partial charge < -0.3 is 19.1 Å². The molecule has 1 aliphatic heterocycles. The summed E-state index contributed by atoms with van der Waals surface area (Å²) in [5.74, 6) is 1.30. The van der Waals surface area contributed by atoms with Crippen molar-refractivity contribution in [2.45, 2.75) is 105 Å². The summed E-state index contributed by atoms with van der Waals surface area (Å²) in [7, 11) is 0. The zero-order valence-corrected chi connectivity index (χ0v) is 36.2. The predicted molar refractivity (Wildman–Crippen MR) is 223 cm³/mol. The van der Waals surface area contributed by atoms with Gasteiger partial charge in [-0.1, -0.05) is 119 Å². The van der Waals surface area contributed by atoms with E-state index in [0.717, 1.165) is 39.2 Å². The van der Waals surface area contributed by atoms with Crippen molar-refractivity contribution in [3.8, 4) is 17.2 Å². The molecule has 0 bridgehead atoms. The van der Waals surface area contributed by atoms with Crippen LogP contribution in [-0.2, 0) is 42.7 Å². The van der Waals surface area contributed by atoms with Gasteiger partial charge in [0.05, 0.1) is 0 Å². The molecule has 5 heteroatoms. The van der Waals surface area contributed by atoms with E-state index in [-0.39, 0.29) is 42.7 Å². The Hall–Kier alpha value is -4.27. The molecule has 0 atom stereocenters. The third-order valence-corrected chi connectivity index (χ3v) is 10.2. The largest absolute Gasteiger partial charge is 4.00 e. The third-order valence-electron chi connectivity index (χ3n) is 10.2. The minimum atomic E-state index is -0.123. The van der Waals surface area contributed by atoms with Gasteiger partial charge in [0.2, 0.25) is 0 Å². The van der Waals surface area contributed by atoms with Gasteiger partial charge in [0, 0.05) is 22.7 Å². The molecule has 5 aromatic carbocycles. The van der Waals surface area contributed by atoms with Crippen molar-refractivity contribution in [1.29, 1.82) is 0 Å². The first-order valence-electron chi connectivity index (χ1n) is 18.8. The summed E-state index contributed by atoms with van der Waals surface area (Å²) in [6.07, 6.45) is 4.23. The van der Waals surface area contributed by atoms with Crippen LogP contribution in [0.5, 0.6) is 11.5 Å². The van der Waals surface area contributed by atoms with Crippen LogP contribution in [0.15, 0.2) is 97.3 Å². The first kappa shape index (κ1) is 39.4. The fourth-order valence-corrected chi connectivity index (χ4v) is 6.78. The molecule has 280 valence electrons. The van der Waals surface area contributed by atoms with Crippen LogP contribution in [0.3, 0.4) is 0 Å². The van der Waals surface area contributed by atoms with E-state index < -0.39 is 0 Å². The zero-order valence-electron chi connectivity index (χ0n) is 33.9. The summed E-state index contributed by atoms with van der Waals surface area (Å²) in [4.78, 5) is 4.34. The summed E-state index contributed by atoms with van der Waals surface area (Å²) in [5, 5.41) is 2.36. The Morgan fingerprint density at radius 1 is 0.537 bits per heavy atom. The SMILES string of the molecule is CC(C)(C)c1cc(Oc2[c-]c(-n3c4[c-]cccc4c4ccccc43)cc(C(C)(C)C)c2)[c-]c(N2C=CN(c3cc(C(C)(C)C)cc(C(C)(C)C)c3)[CH-]2)c1.[Pt+4]. The van der Waals surface area contributed by atoms with E-state index in [4.69, 9.17) is 4.74 Å². The second-order valence-corrected chi connectivity index (χ2v) is 18.6. The molecule has 0 unspecified atom stereocenters. The zero-order chi connectivity index (χ0) is 38.1. The molecule has 0 N–H and O–H groups in total. The van der Waals surface area contributed by atoms with Crippen molar-refractivity contribution in [3.05, 3.63) is 144 Å². The number of hydrogen-bond acceptors (Lipinski definition) is 3. The van der Waals surface area contributed by atoms with E-state index in [1.807, 2.05) is 6.07 Å². The molecule has 6 aromatic rings. The van der Waals surface area contributed by atoms with Crippen molar-refractivity contribution < 1.29 is 25.8 Å². The number of hydrogen-bond donors (Lipinski definition) is 0. The van der Waals surface area contributed by atoms with Crippen LogP contribution in [0.1, 0.15) is 105 Å². The Labute approximate surface area is 338 Å². The standard InChI is InChI=1S/C49H53N3O.Pt/c1-46(2,3)33-23-34(47(4,5)6)25-37(24-33)50-21-22-51(32-50)38-26-35(48(7,8)9)28-40(30-38)53-41-29-36(49(10,11)12)27-39(31-41)52-44-19-15-13-17-42(44)43-18-14-16-20-45(43)52;/h13-19,21-29,32H,1-12H3;/q-4;+4. The van der Waals surface area contributed by atoms with Crippen LogP contribution in [0.25, 0.3) is 27.5 Å². The van der Waals surface area contributed by atoms with Crippen LogP contribution in [-0.4, -0.2) is 4.57 Å². The topological polar surface area (TPSA) is 20.6 Å². The maximum Gasteiger partial charge on any atom is 4.00 e. The van der Waals surface area contributed by atoms with E-state index >= 15 is 0 Å². The molecule has 0 saturated heterocycles. The molecule has 7 rings (SSSR count). The maximum absolute atomic E-state index is 6.82. The minimum absolute atomic E-state index is 0. The second-order valence-electron chi connectivity index (χ2n) is 18.6. The molecular weight excluding hydrogens is 842 g/mol. The van der Waals surface area contributed by atoms with Crippen molar-refractivity contribution in [2.24, 2.45) is 0 Å². The molecule has 2 heterocycles. The molecule has 54 heavy (non-hydrogen) atoms. The van der Waals surface area contributed by atoms with E-state index in [9.17, 15) is 0 Å². The van der Waals surface area contributed by atoms with Gasteiger partial charge in [-0.15, -0.1) is 65.3 Å². The van der Waals surface area contributed by atoms with Gasteiger partial charge in [-0.3, -0.25) is 0 Å². The van der Waals surface area contributed by atoms with E-state index in [0.29, 0.717) is 11.5 Å². The quantitative estimate of drug-likeness (QED) is 0.161. The van der Waals surface area contributed by atoms with Gasteiger partial charge in [-0.05, 0) is 68.8 Å². The number of benzene rings is 5. The Morgan fingerprint density at radius 3 is 1.63 bits per heavy atom. The number of aromatic nitrogens is 1. The van der Waals surface area contributed by atoms with Gasteiger partial charge in [-0.2, -0.15) is 24.3 Å². The third kappa shape index (κ3) is 7.92. The molecule has 0 spiro atoms. The van der Waals surface area contributed by atoms with Crippen molar-refractivity contribution >= 4 is 33.2 Å². The van der Waals surface area contributed by atoms with Crippen LogP contribution < -0.4 is 14.5 Å². The molecule has 1 aromatic heterocycles. The minimum Gasteiger partial charge on any atom is -0.509 e. The number of ether oxygens (including phenoxy) is 1. The Balaban J connectivity index is 0.00000497. The number of fused-ring (bicyclic) bond motifs is 3. The maximum atomic E-state index is 6.82. The molecule has 4 nitrogen and oxygen atoms in total. The number of rotatable bonds is 5. The molecule has 0 radical (unpaired) electrons. The van der Waals surface area contributed by atoms with Gasteiger partial charge in [0.15, 0.2) is 0 Å². The van der Waals surface area contributed by atoms with Crippen LogP contribution in [0.2, 0.25) is 0 Å². The van der Waals surface area contributed by atoms with Crippen LogP contribution in [0.4, 0.5) is 11.4 Å². The summed E-state index contributed by atoms with van der Waals surface area (Å²) in [6.45, 7) is 29.2. The van der Waals surface area contributed by atoms with Gasteiger partial charge >= 0.3 is 21.1 Å². The molecular formula is C49H53N3OPt. The van der Waals surface area contributed by atoms with E-state index in [1.165, 1.54) is 21.9 Å². The summed E-state index contributed by atoms with van der Waals surface area (Å²) < 4.78 is 9.07. The molecule has 0 amide bonds. The molecule has 0 saturated carbocycles. The molecule has 1 aliphatic rings. The molecule has 0 fully saturated rings. The van der Waals surface area contributed by atoms with Crippen LogP contribution in [0, 0.1) is 24.9 Å². The fraction of sp³-hybridized carbons (Fsp3) is 0.327. The summed E-state index contributed by atoms with van der Waals surface area (Å²) in [6, 6.07) is 41.2. The van der Waals surface area contributed by atoms with Gasteiger partial charge in [0.1, 0.15) is 0 Å². The smallest absolute Gasteiger partial charge is 0.509 e. The monoisotopic (exact) mass is 894 g/mol. The second kappa shape index (κ2) is 14.1. The number of nitrogens with zero attached hydrogens (tertiary/aromatic N) is 3. The summed E-state index contributed by atoms with van der Waals surface area (Å²) >= 11 is 0. The van der Waals surface area contributed by atoms with E-state index in [1.54, 1.807) is 0 Å². The van der Waals surface area contributed by atoms with Crippen molar-refractivity contribution in [2.75, 3.05) is 9.80 Å². The Morgan fingerprint density at radius 2 is 1.04 bits per heavy atom. The van der Waals surface area contributed by atoms with Crippen LogP contribution >= 0.6 is 0 Å². The normalized spacial score (nSPS) is 13.9. The predicted octanol–water partition coefficient (Wildman–Crippen LogP) is 13.1. The average Bonchev–Trinajstić information content (AvgIpc) is 3.70. The Kier molecular flexibility index (Phi) is 10.3. The first-order valence-corrected chi connectivity index (χ1v) is 18.8.